The van der Waals surface area contributed by atoms with Crippen LogP contribution >= 0.6 is 0 Å². The Morgan fingerprint density at radius 3 is 3.23 bits per heavy atom. The number of rotatable bonds is 2. The van der Waals surface area contributed by atoms with E-state index >= 15 is 0 Å². The van der Waals surface area contributed by atoms with Gasteiger partial charge in [0.15, 0.2) is 0 Å². The quantitative estimate of drug-likeness (QED) is 0.846. The van der Waals surface area contributed by atoms with Crippen LogP contribution in [0, 0.1) is 0 Å². The second kappa shape index (κ2) is 5.06. The fraction of sp³-hybridized carbons (Fsp3) is 0.429. The summed E-state index contributed by atoms with van der Waals surface area (Å²) in [7, 11) is 0. The first-order chi connectivity index (χ1) is 10.7. The standard InChI is InChI=1S/C14H16N6O2/c15-13(21)10-2-1-4-16-14(10)19-5-3-12-11(7-19)20-9(8-22-12)6-17-18-20/h1-2,4,6,11-12H,3,5,7-8H2,(H2,15,21)/t11-,12+/m1/s1. The molecule has 0 unspecified atom stereocenters. The van der Waals surface area contributed by atoms with Crippen LogP contribution in [0.5, 0.6) is 0 Å². The molecule has 2 atom stereocenters. The Hall–Kier alpha value is -2.48. The minimum Gasteiger partial charge on any atom is -0.370 e. The zero-order chi connectivity index (χ0) is 15.1. The Morgan fingerprint density at radius 2 is 2.36 bits per heavy atom. The van der Waals surface area contributed by atoms with E-state index in [1.807, 2.05) is 4.68 Å². The number of primary amides is 1. The Morgan fingerprint density at radius 1 is 1.45 bits per heavy atom. The van der Waals surface area contributed by atoms with Gasteiger partial charge in [0, 0.05) is 19.3 Å². The normalized spacial score (nSPS) is 23.7. The van der Waals surface area contributed by atoms with Crippen molar-refractivity contribution < 1.29 is 9.53 Å². The zero-order valence-electron chi connectivity index (χ0n) is 11.9. The topological polar surface area (TPSA) is 99.2 Å². The largest absolute Gasteiger partial charge is 0.370 e. The summed E-state index contributed by atoms with van der Waals surface area (Å²) >= 11 is 0. The molecule has 2 aromatic heterocycles. The molecule has 1 fully saturated rings. The smallest absolute Gasteiger partial charge is 0.252 e. The van der Waals surface area contributed by atoms with Gasteiger partial charge >= 0.3 is 0 Å². The Kier molecular flexibility index (Phi) is 3.04. The molecule has 1 saturated heterocycles. The number of carbonyl (C=O) groups excluding carboxylic acids is 1. The fourth-order valence-corrected chi connectivity index (χ4v) is 3.21. The zero-order valence-corrected chi connectivity index (χ0v) is 11.9. The third-order valence-electron chi connectivity index (χ3n) is 4.28. The highest BCUT2D eigenvalue weighted by atomic mass is 16.5. The van der Waals surface area contributed by atoms with Crippen molar-refractivity contribution in [3.63, 3.8) is 0 Å². The van der Waals surface area contributed by atoms with Crippen molar-refractivity contribution in [2.24, 2.45) is 5.73 Å². The lowest BCUT2D eigenvalue weighted by molar-refractivity contribution is -0.0373. The van der Waals surface area contributed by atoms with Crippen LogP contribution in [0.1, 0.15) is 28.5 Å². The number of pyridine rings is 1. The monoisotopic (exact) mass is 300 g/mol. The minimum absolute atomic E-state index is 0.0720. The van der Waals surface area contributed by atoms with Gasteiger partial charge in [0.1, 0.15) is 5.82 Å². The lowest BCUT2D eigenvalue weighted by Gasteiger charge is -2.41. The number of hydrogen-bond acceptors (Lipinski definition) is 6. The highest BCUT2D eigenvalue weighted by molar-refractivity contribution is 5.97. The van der Waals surface area contributed by atoms with Crippen LogP contribution in [0.15, 0.2) is 24.5 Å². The van der Waals surface area contributed by atoms with Crippen molar-refractivity contribution in [3.05, 3.63) is 35.8 Å². The molecule has 2 aliphatic heterocycles. The van der Waals surface area contributed by atoms with E-state index in [2.05, 4.69) is 20.2 Å². The van der Waals surface area contributed by atoms with Crippen molar-refractivity contribution in [1.82, 2.24) is 20.0 Å². The second-order valence-corrected chi connectivity index (χ2v) is 5.56. The summed E-state index contributed by atoms with van der Waals surface area (Å²) in [6.07, 6.45) is 4.36. The van der Waals surface area contributed by atoms with Crippen LogP contribution in [0.4, 0.5) is 5.82 Å². The SMILES string of the molecule is NC(=O)c1cccnc1N1CC[C@@H]2OCc3cnnn3[C@@H]2C1. The van der Waals surface area contributed by atoms with Crippen LogP contribution in [0.2, 0.25) is 0 Å². The van der Waals surface area contributed by atoms with Gasteiger partial charge in [0.2, 0.25) is 0 Å². The molecule has 0 aromatic carbocycles. The lowest BCUT2D eigenvalue weighted by atomic mass is 10.00. The Balaban J connectivity index is 1.66. The number of amides is 1. The maximum Gasteiger partial charge on any atom is 0.252 e. The van der Waals surface area contributed by atoms with E-state index in [0.717, 1.165) is 18.7 Å². The number of hydrogen-bond donors (Lipinski definition) is 1. The van der Waals surface area contributed by atoms with Crippen molar-refractivity contribution >= 4 is 11.7 Å². The number of nitrogens with two attached hydrogens (primary N) is 1. The molecule has 22 heavy (non-hydrogen) atoms. The van der Waals surface area contributed by atoms with E-state index in [0.29, 0.717) is 24.5 Å². The van der Waals surface area contributed by atoms with E-state index in [1.54, 1.807) is 24.5 Å². The summed E-state index contributed by atoms with van der Waals surface area (Å²) in [5, 5.41) is 8.14. The molecule has 0 aliphatic carbocycles. The number of carbonyl (C=O) groups is 1. The molecular formula is C14H16N6O2. The van der Waals surface area contributed by atoms with Gasteiger partial charge in [-0.05, 0) is 18.6 Å². The third kappa shape index (κ3) is 2.03. The van der Waals surface area contributed by atoms with Gasteiger partial charge in [0.25, 0.3) is 5.91 Å². The summed E-state index contributed by atoms with van der Waals surface area (Å²) in [5.74, 6) is 0.159. The molecule has 0 saturated carbocycles. The number of piperidine rings is 1. The first-order valence-corrected chi connectivity index (χ1v) is 7.24. The average molecular weight is 300 g/mol. The number of aromatic nitrogens is 4. The highest BCUT2D eigenvalue weighted by Gasteiger charge is 2.37. The molecule has 2 N–H and O–H groups in total. The Labute approximate surface area is 126 Å². The molecule has 4 heterocycles. The van der Waals surface area contributed by atoms with Gasteiger partial charge in [-0.3, -0.25) is 4.79 Å². The predicted molar refractivity (Wildman–Crippen MR) is 77.2 cm³/mol. The molecule has 0 bridgehead atoms. The maximum atomic E-state index is 11.6. The number of ether oxygens (including phenoxy) is 1. The maximum absolute atomic E-state index is 11.6. The van der Waals surface area contributed by atoms with Gasteiger partial charge in [-0.1, -0.05) is 5.21 Å². The van der Waals surface area contributed by atoms with Crippen molar-refractivity contribution in [1.29, 1.82) is 0 Å². The van der Waals surface area contributed by atoms with Crippen molar-refractivity contribution in [2.75, 3.05) is 18.0 Å². The first-order valence-electron chi connectivity index (χ1n) is 7.24. The molecule has 0 radical (unpaired) electrons. The molecule has 2 aliphatic rings. The number of anilines is 1. The van der Waals surface area contributed by atoms with Crippen LogP contribution in [-0.4, -0.2) is 45.1 Å². The summed E-state index contributed by atoms with van der Waals surface area (Å²) in [6.45, 7) is 1.98. The van der Waals surface area contributed by atoms with E-state index in [-0.39, 0.29) is 12.1 Å². The van der Waals surface area contributed by atoms with Gasteiger partial charge in [-0.2, -0.15) is 0 Å². The first kappa shape index (κ1) is 13.2. The van der Waals surface area contributed by atoms with E-state index in [1.165, 1.54) is 0 Å². The molecule has 8 nitrogen and oxygen atoms in total. The average Bonchev–Trinajstić information content (AvgIpc) is 3.03. The van der Waals surface area contributed by atoms with Crippen LogP contribution in [0.25, 0.3) is 0 Å². The Bertz CT molecular complexity index is 715. The minimum atomic E-state index is -0.466. The van der Waals surface area contributed by atoms with Crippen molar-refractivity contribution in [3.8, 4) is 0 Å². The van der Waals surface area contributed by atoms with Crippen LogP contribution in [0.3, 0.4) is 0 Å². The third-order valence-corrected chi connectivity index (χ3v) is 4.28. The van der Waals surface area contributed by atoms with E-state index in [9.17, 15) is 4.79 Å². The summed E-state index contributed by atoms with van der Waals surface area (Å²) < 4.78 is 7.81. The summed E-state index contributed by atoms with van der Waals surface area (Å²) in [6, 6.07) is 3.49. The fourth-order valence-electron chi connectivity index (χ4n) is 3.21. The lowest BCUT2D eigenvalue weighted by Crippen LogP contribution is -2.48. The summed E-state index contributed by atoms with van der Waals surface area (Å²) in [4.78, 5) is 18.0. The molecule has 4 rings (SSSR count). The molecule has 0 spiro atoms. The number of nitrogens with zero attached hydrogens (tertiary/aromatic N) is 5. The molecular weight excluding hydrogens is 284 g/mol. The van der Waals surface area contributed by atoms with Crippen LogP contribution in [-0.2, 0) is 11.3 Å². The van der Waals surface area contributed by atoms with Crippen molar-refractivity contribution in [2.45, 2.75) is 25.2 Å². The van der Waals surface area contributed by atoms with Gasteiger partial charge in [-0.15, -0.1) is 5.10 Å². The van der Waals surface area contributed by atoms with E-state index < -0.39 is 5.91 Å². The molecule has 2 aromatic rings. The van der Waals surface area contributed by atoms with E-state index in [4.69, 9.17) is 10.5 Å². The van der Waals surface area contributed by atoms with Crippen LogP contribution < -0.4 is 10.6 Å². The molecule has 8 heteroatoms. The number of fused-ring (bicyclic) bond motifs is 3. The van der Waals surface area contributed by atoms with Gasteiger partial charge in [-0.25, -0.2) is 9.67 Å². The van der Waals surface area contributed by atoms with Gasteiger partial charge < -0.3 is 15.4 Å². The second-order valence-electron chi connectivity index (χ2n) is 5.56. The summed E-state index contributed by atoms with van der Waals surface area (Å²) in [5.41, 5.74) is 6.87. The molecule has 114 valence electrons. The molecule has 1 amide bonds. The predicted octanol–water partition coefficient (Wildman–Crippen LogP) is 0.122. The highest BCUT2D eigenvalue weighted by Crippen LogP contribution is 2.32. The van der Waals surface area contributed by atoms with Gasteiger partial charge in [0.05, 0.1) is 36.2 Å².